The number of hydrogen-bond donors (Lipinski definition) is 1. The predicted octanol–water partition coefficient (Wildman–Crippen LogP) is 6.59. The summed E-state index contributed by atoms with van der Waals surface area (Å²) in [5, 5.41) is 21.2. The quantitative estimate of drug-likeness (QED) is 0.370. The van der Waals surface area contributed by atoms with Crippen LogP contribution in [0.2, 0.25) is 0 Å². The van der Waals surface area contributed by atoms with Crippen molar-refractivity contribution in [1.82, 2.24) is 24.6 Å². The van der Waals surface area contributed by atoms with Crippen LogP contribution in [0.3, 0.4) is 0 Å². The van der Waals surface area contributed by atoms with E-state index in [0.717, 1.165) is 69.7 Å². The van der Waals surface area contributed by atoms with E-state index in [4.69, 9.17) is 14.2 Å². The molecule has 0 bridgehead atoms. The summed E-state index contributed by atoms with van der Waals surface area (Å²) in [6.45, 7) is 21.5. The summed E-state index contributed by atoms with van der Waals surface area (Å²) >= 11 is 0. The second-order valence-corrected chi connectivity index (χ2v) is 20.1. The number of aliphatic hydroxyl groups is 1. The van der Waals surface area contributed by atoms with Gasteiger partial charge >= 0.3 is 12.2 Å². The number of aliphatic hydroxyl groups excluding tert-OH is 1. The van der Waals surface area contributed by atoms with E-state index in [-0.39, 0.29) is 75.5 Å². The first-order chi connectivity index (χ1) is 24.6. The van der Waals surface area contributed by atoms with E-state index >= 15 is 0 Å². The number of fused-ring (bicyclic) bond motifs is 5. The first-order valence-corrected chi connectivity index (χ1v) is 20.7. The molecule has 13 atom stereocenters. The van der Waals surface area contributed by atoms with Gasteiger partial charge in [0.2, 0.25) is 0 Å². The van der Waals surface area contributed by atoms with Crippen molar-refractivity contribution in [3.8, 4) is 0 Å². The normalized spacial score (nSPS) is 46.0. The smallest absolute Gasteiger partial charge is 0.410 e. The first-order valence-electron chi connectivity index (χ1n) is 20.7. The lowest BCUT2D eigenvalue weighted by Gasteiger charge is -2.63. The molecule has 11 nitrogen and oxygen atoms in total. The van der Waals surface area contributed by atoms with Crippen LogP contribution >= 0.6 is 0 Å². The molecule has 2 spiro atoms. The predicted molar refractivity (Wildman–Crippen MR) is 193 cm³/mol. The molecule has 5 saturated carbocycles. The zero-order valence-electron chi connectivity index (χ0n) is 32.9. The van der Waals surface area contributed by atoms with Crippen LogP contribution in [0.5, 0.6) is 0 Å². The second kappa shape index (κ2) is 11.6. The Morgan fingerprint density at radius 2 is 1.65 bits per heavy atom. The van der Waals surface area contributed by atoms with E-state index < -0.39 is 6.10 Å². The highest BCUT2D eigenvalue weighted by Gasteiger charge is 2.84. The zero-order chi connectivity index (χ0) is 36.7. The average Bonchev–Trinajstić information content (AvgIpc) is 3.54. The Morgan fingerprint density at radius 3 is 2.37 bits per heavy atom. The van der Waals surface area contributed by atoms with Crippen molar-refractivity contribution in [3.63, 3.8) is 0 Å². The maximum absolute atomic E-state index is 13.6. The standard InChI is InChI=1S/C41H63N5O6/c1-23(2)32(52-35(48)44-16-9-17-44)26-20-24(3)31-33(50-26)34(47)39(8)28-11-10-27-37(5,6)29(12-13-40(27)22-41(28,40)15-14-38(31,39)7)51-36(49)45-18-19-46-25(4)42-43-30(46)21-45/h23-24,26-29,31-34,47H,9-22H2,1-8H3/t24-,26?,27+,28?,29?,31+,32-,33?,34+,38-,39-,40-,41+/m1/s1. The van der Waals surface area contributed by atoms with Gasteiger partial charge in [-0.2, -0.15) is 0 Å². The summed E-state index contributed by atoms with van der Waals surface area (Å²) < 4.78 is 21.8. The Balaban J connectivity index is 0.931. The molecule has 1 aromatic heterocycles. The van der Waals surface area contributed by atoms with Crippen molar-refractivity contribution in [1.29, 1.82) is 0 Å². The fourth-order valence-electron chi connectivity index (χ4n) is 14.7. The maximum Gasteiger partial charge on any atom is 0.410 e. The number of rotatable bonds is 4. The van der Waals surface area contributed by atoms with Gasteiger partial charge in [0.1, 0.15) is 18.0 Å². The minimum absolute atomic E-state index is 0.0326. The number of ether oxygens (including phenoxy) is 3. The molecule has 5 aliphatic carbocycles. The van der Waals surface area contributed by atoms with Crippen LogP contribution in [-0.4, -0.2) is 92.0 Å². The third-order valence-corrected chi connectivity index (χ3v) is 17.6. The van der Waals surface area contributed by atoms with Crippen LogP contribution in [-0.2, 0) is 27.3 Å². The zero-order valence-corrected chi connectivity index (χ0v) is 32.9. The van der Waals surface area contributed by atoms with Gasteiger partial charge in [-0.1, -0.05) is 48.5 Å². The van der Waals surface area contributed by atoms with Gasteiger partial charge in [-0.15, -0.1) is 10.2 Å². The van der Waals surface area contributed by atoms with E-state index in [1.165, 1.54) is 12.8 Å². The van der Waals surface area contributed by atoms with Crippen molar-refractivity contribution in [2.75, 3.05) is 19.6 Å². The van der Waals surface area contributed by atoms with Crippen LogP contribution in [0, 0.1) is 63.6 Å². The minimum atomic E-state index is -0.563. The molecule has 2 saturated heterocycles. The Kier molecular flexibility index (Phi) is 7.85. The largest absolute Gasteiger partial charge is 0.446 e. The van der Waals surface area contributed by atoms with Crippen LogP contribution in [0.15, 0.2) is 0 Å². The molecule has 7 fully saturated rings. The molecule has 4 heterocycles. The summed E-state index contributed by atoms with van der Waals surface area (Å²) in [6, 6.07) is 0. The number of amides is 2. The highest BCUT2D eigenvalue weighted by Crippen LogP contribution is 2.89. The molecule has 2 amide bonds. The molecule has 1 aromatic rings. The number of hydrogen-bond acceptors (Lipinski definition) is 8. The molecule has 0 radical (unpaired) electrons. The van der Waals surface area contributed by atoms with E-state index in [1.807, 2.05) is 6.92 Å². The highest BCUT2D eigenvalue weighted by atomic mass is 16.6. The van der Waals surface area contributed by atoms with Gasteiger partial charge in [-0.05, 0) is 111 Å². The number of likely N-dealkylation sites (tertiary alicyclic amines) is 1. The van der Waals surface area contributed by atoms with E-state index in [9.17, 15) is 14.7 Å². The van der Waals surface area contributed by atoms with Crippen molar-refractivity contribution in [2.45, 2.75) is 157 Å². The van der Waals surface area contributed by atoms with Gasteiger partial charge in [0.15, 0.2) is 5.82 Å². The summed E-state index contributed by atoms with van der Waals surface area (Å²) in [6.07, 6.45) is 7.70. The van der Waals surface area contributed by atoms with Crippen LogP contribution in [0.25, 0.3) is 0 Å². The third kappa shape index (κ3) is 4.50. The summed E-state index contributed by atoms with van der Waals surface area (Å²) in [7, 11) is 0. The van der Waals surface area contributed by atoms with Gasteiger partial charge in [-0.3, -0.25) is 4.90 Å². The maximum atomic E-state index is 13.6. The molecule has 8 aliphatic rings. The Labute approximate surface area is 309 Å². The minimum Gasteiger partial charge on any atom is -0.446 e. The Hall–Kier alpha value is -2.40. The van der Waals surface area contributed by atoms with Crippen molar-refractivity contribution < 1.29 is 28.9 Å². The van der Waals surface area contributed by atoms with Crippen LogP contribution < -0.4 is 0 Å². The number of nitrogens with zero attached hydrogens (tertiary/aromatic N) is 5. The number of aromatic nitrogens is 3. The SMILES string of the molecule is Cc1nnc2n1CCN(C(=O)OC1CC[C@]34C[C@]35CC[C@]3(C)[C@@H]6C(OC([C@H](OC(=O)N7CCC7)C(C)C)C[C@H]6C)[C@H](O)[C@@]3(C)C5CC[C@H]4C1(C)C)C2. The molecular formula is C41H63N5O6. The fourth-order valence-corrected chi connectivity index (χ4v) is 14.7. The van der Waals surface area contributed by atoms with E-state index in [1.54, 1.807) is 9.80 Å². The van der Waals surface area contributed by atoms with Gasteiger partial charge in [0.25, 0.3) is 0 Å². The molecule has 1 N–H and O–H groups in total. The topological polar surface area (TPSA) is 119 Å². The fraction of sp³-hybridized carbons (Fsp3) is 0.902. The van der Waals surface area contributed by atoms with Crippen molar-refractivity contribution >= 4 is 12.2 Å². The molecule has 4 unspecified atom stereocenters. The molecular weight excluding hydrogens is 658 g/mol. The number of carbonyl (C=O) groups excluding carboxylic acids is 2. The average molecular weight is 722 g/mol. The monoisotopic (exact) mass is 721 g/mol. The summed E-state index contributed by atoms with van der Waals surface area (Å²) in [4.78, 5) is 30.2. The van der Waals surface area contributed by atoms with E-state index in [0.29, 0.717) is 37.4 Å². The molecule has 3 aliphatic heterocycles. The lowest BCUT2D eigenvalue weighted by atomic mass is 9.41. The number of carbonyl (C=O) groups is 2. The second-order valence-electron chi connectivity index (χ2n) is 20.1. The van der Waals surface area contributed by atoms with Crippen LogP contribution in [0.4, 0.5) is 9.59 Å². The molecule has 9 rings (SSSR count). The Morgan fingerprint density at radius 1 is 0.923 bits per heavy atom. The van der Waals surface area contributed by atoms with Gasteiger partial charge in [0, 0.05) is 37.0 Å². The summed E-state index contributed by atoms with van der Waals surface area (Å²) in [5.74, 6) is 3.38. The third-order valence-electron chi connectivity index (χ3n) is 17.6. The Bertz CT molecular complexity index is 1630. The molecule has 11 heteroatoms. The lowest BCUT2D eigenvalue weighted by molar-refractivity contribution is -0.185. The molecule has 288 valence electrons. The number of aryl methyl sites for hydroxylation is 1. The first kappa shape index (κ1) is 35.3. The van der Waals surface area contributed by atoms with Crippen molar-refractivity contribution in [3.05, 3.63) is 11.6 Å². The van der Waals surface area contributed by atoms with Gasteiger partial charge in [0.05, 0.1) is 24.9 Å². The van der Waals surface area contributed by atoms with Crippen LogP contribution in [0.1, 0.15) is 118 Å². The van der Waals surface area contributed by atoms with E-state index in [2.05, 4.69) is 63.2 Å². The van der Waals surface area contributed by atoms with Gasteiger partial charge < -0.3 is 28.8 Å². The van der Waals surface area contributed by atoms with Gasteiger partial charge in [-0.25, -0.2) is 9.59 Å². The van der Waals surface area contributed by atoms with Crippen molar-refractivity contribution in [2.24, 2.45) is 56.7 Å². The highest BCUT2D eigenvalue weighted by molar-refractivity contribution is 5.69. The lowest BCUT2D eigenvalue weighted by Crippen LogP contribution is -2.60. The molecule has 52 heavy (non-hydrogen) atoms. The summed E-state index contributed by atoms with van der Waals surface area (Å²) in [5.41, 5.74) is 0.0239. The molecule has 0 aromatic carbocycles.